The highest BCUT2D eigenvalue weighted by Gasteiger charge is 2.24. The molecule has 2 atom stereocenters. The minimum atomic E-state index is 0.734. The summed E-state index contributed by atoms with van der Waals surface area (Å²) in [6.45, 7) is 13.5. The van der Waals surface area contributed by atoms with Crippen LogP contribution in [0.15, 0.2) is 0 Å². The first-order valence-electron chi connectivity index (χ1n) is 7.81. The maximum Gasteiger partial charge on any atom is 0.0478 e. The lowest BCUT2D eigenvalue weighted by Crippen LogP contribution is -2.48. The van der Waals surface area contributed by atoms with Gasteiger partial charge >= 0.3 is 0 Å². The van der Waals surface area contributed by atoms with Gasteiger partial charge in [0.2, 0.25) is 0 Å². The molecule has 0 bridgehead atoms. The van der Waals surface area contributed by atoms with Crippen LogP contribution in [0.25, 0.3) is 0 Å². The molecule has 1 rings (SSSR count). The Morgan fingerprint density at radius 3 is 2.72 bits per heavy atom. The van der Waals surface area contributed by atoms with Gasteiger partial charge in [0.15, 0.2) is 0 Å². The van der Waals surface area contributed by atoms with Crippen molar-refractivity contribution in [3.05, 3.63) is 0 Å². The summed E-state index contributed by atoms with van der Waals surface area (Å²) in [6, 6.07) is 0.734. The van der Waals surface area contributed by atoms with Crippen LogP contribution in [0, 0.1) is 5.92 Å². The van der Waals surface area contributed by atoms with Gasteiger partial charge in [-0.2, -0.15) is 0 Å². The number of piperidine rings is 1. The number of likely N-dealkylation sites (tertiary alicyclic amines) is 1. The molecule has 0 aromatic heterocycles. The Bertz CT molecular complexity index is 197. The fourth-order valence-electron chi connectivity index (χ4n) is 2.70. The second-order valence-corrected chi connectivity index (χ2v) is 5.59. The third-order valence-corrected chi connectivity index (χ3v) is 3.76. The van der Waals surface area contributed by atoms with Gasteiger partial charge in [-0.3, -0.25) is 0 Å². The lowest BCUT2D eigenvalue weighted by atomic mass is 9.93. The zero-order chi connectivity index (χ0) is 13.2. The molecule has 0 spiro atoms. The number of nitrogens with zero attached hydrogens (tertiary/aromatic N) is 1. The highest BCUT2D eigenvalue weighted by molar-refractivity contribution is 4.82. The third kappa shape index (κ3) is 6.17. The fraction of sp³-hybridized carbons (Fsp3) is 1.00. The smallest absolute Gasteiger partial charge is 0.0478 e. The zero-order valence-electron chi connectivity index (χ0n) is 12.6. The molecular formula is C15H32N2O. The Morgan fingerprint density at radius 2 is 2.06 bits per heavy atom. The molecule has 2 unspecified atom stereocenters. The molecule has 1 saturated heterocycles. The molecule has 3 nitrogen and oxygen atoms in total. The van der Waals surface area contributed by atoms with E-state index >= 15 is 0 Å². The summed E-state index contributed by atoms with van der Waals surface area (Å²) in [5.74, 6) is 0.780. The number of nitrogens with one attached hydrogen (secondary N) is 1. The van der Waals surface area contributed by atoms with Crippen LogP contribution < -0.4 is 5.32 Å². The van der Waals surface area contributed by atoms with E-state index in [0.29, 0.717) is 0 Å². The number of rotatable bonds is 9. The monoisotopic (exact) mass is 256 g/mol. The minimum Gasteiger partial charge on any atom is -0.381 e. The van der Waals surface area contributed by atoms with E-state index in [1.807, 2.05) is 0 Å². The van der Waals surface area contributed by atoms with Crippen LogP contribution in [-0.2, 0) is 4.74 Å². The summed E-state index contributed by atoms with van der Waals surface area (Å²) in [5.41, 5.74) is 0. The number of ether oxygens (including phenoxy) is 1. The normalized spacial score (nSPS) is 25.5. The standard InChI is InChI=1S/C15H32N2O/c1-4-8-16-15-7-10-17(13-14(15)3)9-6-12-18-11-5-2/h14-16H,4-13H2,1-3H3. The van der Waals surface area contributed by atoms with Crippen molar-refractivity contribution in [3.8, 4) is 0 Å². The zero-order valence-corrected chi connectivity index (χ0v) is 12.6. The predicted molar refractivity (Wildman–Crippen MR) is 78.0 cm³/mol. The molecule has 0 radical (unpaired) electrons. The van der Waals surface area contributed by atoms with E-state index in [9.17, 15) is 0 Å². The average Bonchev–Trinajstić information content (AvgIpc) is 2.37. The second-order valence-electron chi connectivity index (χ2n) is 5.59. The molecule has 0 amide bonds. The Balaban J connectivity index is 2.08. The fourth-order valence-corrected chi connectivity index (χ4v) is 2.70. The van der Waals surface area contributed by atoms with Gasteiger partial charge in [-0.1, -0.05) is 20.8 Å². The highest BCUT2D eigenvalue weighted by Crippen LogP contribution is 2.16. The van der Waals surface area contributed by atoms with E-state index in [0.717, 1.165) is 31.6 Å². The molecule has 1 N–H and O–H groups in total. The molecule has 0 aromatic rings. The average molecular weight is 256 g/mol. The van der Waals surface area contributed by atoms with Crippen molar-refractivity contribution >= 4 is 0 Å². The summed E-state index contributed by atoms with van der Waals surface area (Å²) in [5, 5.41) is 3.67. The van der Waals surface area contributed by atoms with Crippen molar-refractivity contribution in [2.75, 3.05) is 39.4 Å². The summed E-state index contributed by atoms with van der Waals surface area (Å²) >= 11 is 0. The predicted octanol–water partition coefficient (Wildman–Crippen LogP) is 2.51. The van der Waals surface area contributed by atoms with E-state index in [1.165, 1.54) is 45.4 Å². The van der Waals surface area contributed by atoms with Crippen LogP contribution in [0.5, 0.6) is 0 Å². The Labute approximate surface area is 113 Å². The van der Waals surface area contributed by atoms with E-state index < -0.39 is 0 Å². The van der Waals surface area contributed by atoms with E-state index in [2.05, 4.69) is 31.0 Å². The number of hydrogen-bond donors (Lipinski definition) is 1. The van der Waals surface area contributed by atoms with E-state index in [4.69, 9.17) is 4.74 Å². The van der Waals surface area contributed by atoms with Crippen molar-refractivity contribution in [3.63, 3.8) is 0 Å². The van der Waals surface area contributed by atoms with Crippen LogP contribution in [0.3, 0.4) is 0 Å². The van der Waals surface area contributed by atoms with Crippen LogP contribution in [0.2, 0.25) is 0 Å². The van der Waals surface area contributed by atoms with Gasteiger partial charge in [0, 0.05) is 32.3 Å². The lowest BCUT2D eigenvalue weighted by Gasteiger charge is -2.37. The molecule has 1 aliphatic heterocycles. The first-order chi connectivity index (χ1) is 8.77. The van der Waals surface area contributed by atoms with Crippen molar-refractivity contribution < 1.29 is 4.74 Å². The van der Waals surface area contributed by atoms with Gasteiger partial charge in [0.25, 0.3) is 0 Å². The van der Waals surface area contributed by atoms with Crippen molar-refractivity contribution in [2.45, 2.75) is 52.5 Å². The van der Waals surface area contributed by atoms with Crippen LogP contribution in [-0.4, -0.2) is 50.3 Å². The molecule has 3 heteroatoms. The van der Waals surface area contributed by atoms with Crippen molar-refractivity contribution in [1.29, 1.82) is 0 Å². The lowest BCUT2D eigenvalue weighted by molar-refractivity contribution is 0.103. The van der Waals surface area contributed by atoms with Gasteiger partial charge < -0.3 is 15.0 Å². The Hall–Kier alpha value is -0.120. The topological polar surface area (TPSA) is 24.5 Å². The summed E-state index contributed by atoms with van der Waals surface area (Å²) in [4.78, 5) is 2.60. The Morgan fingerprint density at radius 1 is 1.22 bits per heavy atom. The first-order valence-corrected chi connectivity index (χ1v) is 7.81. The maximum atomic E-state index is 5.54. The van der Waals surface area contributed by atoms with Gasteiger partial charge in [0.05, 0.1) is 0 Å². The molecule has 0 aromatic carbocycles. The molecule has 1 aliphatic rings. The Kier molecular flexibility index (Phi) is 8.64. The SMILES string of the molecule is CCCNC1CCN(CCCOCCC)CC1C. The van der Waals surface area contributed by atoms with Gasteiger partial charge in [-0.25, -0.2) is 0 Å². The van der Waals surface area contributed by atoms with Gasteiger partial charge in [0.1, 0.15) is 0 Å². The largest absolute Gasteiger partial charge is 0.381 e. The molecule has 1 heterocycles. The van der Waals surface area contributed by atoms with Crippen molar-refractivity contribution in [1.82, 2.24) is 10.2 Å². The van der Waals surface area contributed by atoms with Crippen LogP contribution >= 0.6 is 0 Å². The second kappa shape index (κ2) is 9.76. The van der Waals surface area contributed by atoms with Crippen LogP contribution in [0.1, 0.15) is 46.5 Å². The van der Waals surface area contributed by atoms with E-state index in [-0.39, 0.29) is 0 Å². The molecule has 1 fully saturated rings. The summed E-state index contributed by atoms with van der Waals surface area (Å²) in [6.07, 6.45) is 4.85. The third-order valence-electron chi connectivity index (χ3n) is 3.76. The van der Waals surface area contributed by atoms with E-state index in [1.54, 1.807) is 0 Å². The van der Waals surface area contributed by atoms with Gasteiger partial charge in [-0.15, -0.1) is 0 Å². The molecule has 0 saturated carbocycles. The number of hydrogen-bond acceptors (Lipinski definition) is 3. The maximum absolute atomic E-state index is 5.54. The summed E-state index contributed by atoms with van der Waals surface area (Å²) < 4.78 is 5.54. The summed E-state index contributed by atoms with van der Waals surface area (Å²) in [7, 11) is 0. The quantitative estimate of drug-likeness (QED) is 0.642. The van der Waals surface area contributed by atoms with Crippen LogP contribution in [0.4, 0.5) is 0 Å². The highest BCUT2D eigenvalue weighted by atomic mass is 16.5. The molecule has 0 aliphatic carbocycles. The molecule has 108 valence electrons. The first kappa shape index (κ1) is 15.9. The van der Waals surface area contributed by atoms with Gasteiger partial charge in [-0.05, 0) is 44.7 Å². The molecular weight excluding hydrogens is 224 g/mol. The molecule has 18 heavy (non-hydrogen) atoms. The minimum absolute atomic E-state index is 0.734. The van der Waals surface area contributed by atoms with Crippen molar-refractivity contribution in [2.24, 2.45) is 5.92 Å².